The molecule has 0 aliphatic rings. The number of aromatic nitrogens is 3. The number of hydrogen-bond acceptors (Lipinski definition) is 6. The highest BCUT2D eigenvalue weighted by atomic mass is 16.5. The van der Waals surface area contributed by atoms with Gasteiger partial charge in [-0.1, -0.05) is 0 Å². The molecule has 0 bridgehead atoms. The molecule has 29 heavy (non-hydrogen) atoms. The van der Waals surface area contributed by atoms with Crippen molar-refractivity contribution in [3.63, 3.8) is 0 Å². The summed E-state index contributed by atoms with van der Waals surface area (Å²) in [6, 6.07) is 7.61. The van der Waals surface area contributed by atoms with Crippen LogP contribution in [0.2, 0.25) is 0 Å². The van der Waals surface area contributed by atoms with E-state index in [1.807, 2.05) is 0 Å². The average molecular weight is 397 g/mol. The number of carbonyl (C=O) groups is 2. The van der Waals surface area contributed by atoms with Gasteiger partial charge < -0.3 is 15.4 Å². The molecule has 10 heteroatoms. The van der Waals surface area contributed by atoms with Gasteiger partial charge in [0.2, 0.25) is 5.91 Å². The van der Waals surface area contributed by atoms with Gasteiger partial charge in [-0.15, -0.1) is 0 Å². The van der Waals surface area contributed by atoms with E-state index in [4.69, 9.17) is 4.74 Å². The van der Waals surface area contributed by atoms with Gasteiger partial charge in [-0.3, -0.25) is 23.5 Å². The molecule has 3 aromatic rings. The molecule has 0 aliphatic heterocycles. The number of hydrogen-bond donors (Lipinski definition) is 2. The number of benzene rings is 1. The second kappa shape index (κ2) is 7.58. The first-order valence-electron chi connectivity index (χ1n) is 8.56. The molecular weight excluding hydrogens is 378 g/mol. The van der Waals surface area contributed by atoms with Gasteiger partial charge in [0.05, 0.1) is 18.2 Å². The third-order valence-corrected chi connectivity index (χ3v) is 4.30. The summed E-state index contributed by atoms with van der Waals surface area (Å²) in [6.07, 6.45) is 0. The number of pyridine rings is 1. The van der Waals surface area contributed by atoms with Crippen molar-refractivity contribution in [2.45, 2.75) is 6.92 Å². The Balaban J connectivity index is 1.97. The van der Waals surface area contributed by atoms with Crippen LogP contribution in [0.1, 0.15) is 17.4 Å². The molecule has 0 fully saturated rings. The van der Waals surface area contributed by atoms with Gasteiger partial charge in [0.25, 0.3) is 11.5 Å². The number of anilines is 2. The highest BCUT2D eigenvalue weighted by molar-refractivity contribution is 6.04. The molecule has 2 aromatic heterocycles. The van der Waals surface area contributed by atoms with Crippen molar-refractivity contribution in [3.05, 3.63) is 56.9 Å². The molecule has 2 N–H and O–H groups in total. The van der Waals surface area contributed by atoms with E-state index in [-0.39, 0.29) is 22.6 Å². The summed E-state index contributed by atoms with van der Waals surface area (Å²) in [6.45, 7) is 1.36. The Morgan fingerprint density at radius 2 is 1.76 bits per heavy atom. The van der Waals surface area contributed by atoms with E-state index in [0.717, 1.165) is 4.57 Å². The summed E-state index contributed by atoms with van der Waals surface area (Å²) in [5.74, 6) is -0.391. The van der Waals surface area contributed by atoms with Gasteiger partial charge in [-0.2, -0.15) is 0 Å². The maximum atomic E-state index is 12.6. The van der Waals surface area contributed by atoms with E-state index in [2.05, 4.69) is 15.6 Å². The van der Waals surface area contributed by atoms with Crippen LogP contribution in [0, 0.1) is 0 Å². The minimum absolute atomic E-state index is 0.0256. The van der Waals surface area contributed by atoms with E-state index in [0.29, 0.717) is 17.1 Å². The van der Waals surface area contributed by atoms with Crippen molar-refractivity contribution >= 4 is 34.2 Å². The Hall–Kier alpha value is -3.95. The maximum absolute atomic E-state index is 12.6. The van der Waals surface area contributed by atoms with Gasteiger partial charge in [-0.05, 0) is 30.3 Å². The minimum Gasteiger partial charge on any atom is -0.495 e. The van der Waals surface area contributed by atoms with Crippen molar-refractivity contribution in [1.82, 2.24) is 14.1 Å². The molecule has 0 unspecified atom stereocenters. The first-order valence-corrected chi connectivity index (χ1v) is 8.56. The number of nitrogens with one attached hydrogen (secondary N) is 2. The zero-order valence-electron chi connectivity index (χ0n) is 16.3. The summed E-state index contributed by atoms with van der Waals surface area (Å²) in [5.41, 5.74) is -0.0909. The number of fused-ring (bicyclic) bond motifs is 1. The number of aryl methyl sites for hydroxylation is 1. The van der Waals surface area contributed by atoms with Crippen LogP contribution in [0.5, 0.6) is 5.75 Å². The fourth-order valence-corrected chi connectivity index (χ4v) is 2.85. The lowest BCUT2D eigenvalue weighted by molar-refractivity contribution is -0.114. The quantitative estimate of drug-likeness (QED) is 0.673. The lowest BCUT2D eigenvalue weighted by Crippen LogP contribution is -2.37. The predicted molar refractivity (Wildman–Crippen MR) is 107 cm³/mol. The molecule has 0 saturated heterocycles. The Morgan fingerprint density at radius 3 is 2.41 bits per heavy atom. The highest BCUT2D eigenvalue weighted by Crippen LogP contribution is 2.28. The van der Waals surface area contributed by atoms with Gasteiger partial charge >= 0.3 is 5.69 Å². The fourth-order valence-electron chi connectivity index (χ4n) is 2.85. The highest BCUT2D eigenvalue weighted by Gasteiger charge is 2.15. The van der Waals surface area contributed by atoms with E-state index in [9.17, 15) is 19.2 Å². The molecule has 150 valence electrons. The SMILES string of the molecule is COc1ccc(NC(=O)c2ccc3c(=O)n(C)c(=O)n(C)c3n2)cc1NC(C)=O. The van der Waals surface area contributed by atoms with E-state index in [1.54, 1.807) is 18.2 Å². The zero-order valence-corrected chi connectivity index (χ0v) is 16.3. The average Bonchev–Trinajstić information content (AvgIpc) is 2.70. The predicted octanol–water partition coefficient (Wildman–Crippen LogP) is 0.851. The second-order valence-corrected chi connectivity index (χ2v) is 6.32. The number of methoxy groups -OCH3 is 1. The Kier molecular flexibility index (Phi) is 5.18. The van der Waals surface area contributed by atoms with Crippen LogP contribution in [0.15, 0.2) is 39.9 Å². The molecule has 1 aromatic carbocycles. The fraction of sp³-hybridized carbons (Fsp3) is 0.211. The van der Waals surface area contributed by atoms with E-state index < -0.39 is 17.2 Å². The molecule has 2 amide bonds. The summed E-state index contributed by atoms with van der Waals surface area (Å²) >= 11 is 0. The number of ether oxygens (including phenoxy) is 1. The van der Waals surface area contributed by atoms with Crippen LogP contribution in [0.3, 0.4) is 0 Å². The smallest absolute Gasteiger partial charge is 0.332 e. The molecule has 10 nitrogen and oxygen atoms in total. The van der Waals surface area contributed by atoms with Gasteiger partial charge in [0, 0.05) is 26.7 Å². The first kappa shape index (κ1) is 19.8. The van der Waals surface area contributed by atoms with Gasteiger partial charge in [0.15, 0.2) is 0 Å². The van der Waals surface area contributed by atoms with E-state index >= 15 is 0 Å². The Morgan fingerprint density at radius 1 is 1.03 bits per heavy atom. The van der Waals surface area contributed by atoms with Crippen LogP contribution in [-0.4, -0.2) is 33.0 Å². The molecule has 2 heterocycles. The molecule has 0 aliphatic carbocycles. The third kappa shape index (κ3) is 3.72. The van der Waals surface area contributed by atoms with Crippen LogP contribution < -0.4 is 26.6 Å². The summed E-state index contributed by atoms with van der Waals surface area (Å²) in [4.78, 5) is 52.5. The van der Waals surface area contributed by atoms with Crippen LogP contribution in [0.25, 0.3) is 11.0 Å². The minimum atomic E-state index is -0.543. The van der Waals surface area contributed by atoms with Crippen molar-refractivity contribution in [1.29, 1.82) is 0 Å². The first-order chi connectivity index (χ1) is 13.7. The molecule has 0 saturated carbocycles. The largest absolute Gasteiger partial charge is 0.495 e. The van der Waals surface area contributed by atoms with Gasteiger partial charge in [-0.25, -0.2) is 9.78 Å². The van der Waals surface area contributed by atoms with Crippen LogP contribution in [-0.2, 0) is 18.9 Å². The van der Waals surface area contributed by atoms with Crippen molar-refractivity contribution in [2.75, 3.05) is 17.7 Å². The van der Waals surface area contributed by atoms with Crippen molar-refractivity contribution < 1.29 is 14.3 Å². The summed E-state index contributed by atoms with van der Waals surface area (Å²) in [7, 11) is 4.31. The molecule has 0 atom stereocenters. The van der Waals surface area contributed by atoms with Crippen LogP contribution >= 0.6 is 0 Å². The summed E-state index contributed by atoms with van der Waals surface area (Å²) in [5, 5.41) is 5.52. The number of nitrogens with zero attached hydrogens (tertiary/aromatic N) is 3. The van der Waals surface area contributed by atoms with E-state index in [1.165, 1.54) is 44.8 Å². The lowest BCUT2D eigenvalue weighted by atomic mass is 10.2. The Bertz CT molecular complexity index is 1260. The second-order valence-electron chi connectivity index (χ2n) is 6.32. The maximum Gasteiger partial charge on any atom is 0.332 e. The molecule has 0 radical (unpaired) electrons. The Labute approximate surface area is 164 Å². The van der Waals surface area contributed by atoms with Gasteiger partial charge in [0.1, 0.15) is 17.1 Å². The molecular formula is C19H19N5O5. The third-order valence-electron chi connectivity index (χ3n) is 4.30. The lowest BCUT2D eigenvalue weighted by Gasteiger charge is -2.12. The number of amides is 2. The topological polar surface area (TPSA) is 124 Å². The summed E-state index contributed by atoms with van der Waals surface area (Å²) < 4.78 is 7.36. The monoisotopic (exact) mass is 397 g/mol. The number of rotatable bonds is 4. The molecule has 3 rings (SSSR count). The van der Waals surface area contributed by atoms with Crippen molar-refractivity contribution in [2.24, 2.45) is 14.1 Å². The standard InChI is InChI=1S/C19H19N5O5/c1-10(25)20-14-9-11(5-8-15(14)29-4)21-17(26)13-7-6-12-16(22-13)23(2)19(28)24(3)18(12)27/h5-9H,1-4H3,(H,20,25)(H,21,26). The normalized spacial score (nSPS) is 10.6. The van der Waals surface area contributed by atoms with Crippen molar-refractivity contribution in [3.8, 4) is 5.75 Å². The zero-order chi connectivity index (χ0) is 21.3. The molecule has 0 spiro atoms. The number of carbonyl (C=O) groups excluding carboxylic acids is 2. The van der Waals surface area contributed by atoms with Crippen LogP contribution in [0.4, 0.5) is 11.4 Å².